The highest BCUT2D eigenvalue weighted by atomic mass is 79.9. The summed E-state index contributed by atoms with van der Waals surface area (Å²) in [7, 11) is 0. The molecule has 0 aliphatic heterocycles. The second kappa shape index (κ2) is 5.00. The van der Waals surface area contributed by atoms with E-state index in [1.807, 2.05) is 24.3 Å². The van der Waals surface area contributed by atoms with Crippen molar-refractivity contribution in [2.75, 3.05) is 0 Å². The molecule has 0 saturated heterocycles. The molecular formula is C14H9BrClNS. The number of nitrogens with zero attached hydrogens (tertiary/aromatic N) is 1. The quantitative estimate of drug-likeness (QED) is 0.565. The maximum Gasteiger partial charge on any atom is 0.124 e. The van der Waals surface area contributed by atoms with Gasteiger partial charge in [0, 0.05) is 15.9 Å². The van der Waals surface area contributed by atoms with Crippen molar-refractivity contribution in [2.24, 2.45) is 0 Å². The molecule has 0 spiro atoms. The standard InChI is InChI=1S/C14H9BrClNS/c15-11-3-1-2-10(7-11)14-17-12-5-4-9(8-16)6-13(12)18-14/h1-7H,8H2. The Morgan fingerprint density at radius 2 is 2.06 bits per heavy atom. The summed E-state index contributed by atoms with van der Waals surface area (Å²) in [4.78, 5) is 4.65. The molecule has 0 aliphatic carbocycles. The Bertz CT molecular complexity index is 708. The molecule has 2 aromatic carbocycles. The fraction of sp³-hybridized carbons (Fsp3) is 0.0714. The predicted molar refractivity (Wildman–Crippen MR) is 82.3 cm³/mol. The highest BCUT2D eigenvalue weighted by Crippen LogP contribution is 2.32. The van der Waals surface area contributed by atoms with Gasteiger partial charge in [-0.1, -0.05) is 34.1 Å². The summed E-state index contributed by atoms with van der Waals surface area (Å²) in [5, 5.41) is 1.04. The molecule has 0 N–H and O–H groups in total. The van der Waals surface area contributed by atoms with E-state index in [2.05, 4.69) is 39.1 Å². The van der Waals surface area contributed by atoms with E-state index >= 15 is 0 Å². The normalized spacial score (nSPS) is 11.0. The van der Waals surface area contributed by atoms with E-state index in [-0.39, 0.29) is 0 Å². The summed E-state index contributed by atoms with van der Waals surface area (Å²) >= 11 is 11.0. The van der Waals surface area contributed by atoms with Gasteiger partial charge in [0.25, 0.3) is 0 Å². The molecule has 1 aromatic heterocycles. The second-order valence-electron chi connectivity index (χ2n) is 3.97. The Balaban J connectivity index is 2.13. The molecule has 0 radical (unpaired) electrons. The van der Waals surface area contributed by atoms with Gasteiger partial charge >= 0.3 is 0 Å². The van der Waals surface area contributed by atoms with Crippen LogP contribution in [-0.4, -0.2) is 4.98 Å². The Hall–Kier alpha value is -0.900. The Kier molecular flexibility index (Phi) is 3.37. The van der Waals surface area contributed by atoms with Gasteiger partial charge in [0.2, 0.25) is 0 Å². The minimum absolute atomic E-state index is 0.542. The first-order valence-corrected chi connectivity index (χ1v) is 7.62. The molecule has 1 heterocycles. The molecule has 0 aliphatic rings. The number of rotatable bonds is 2. The summed E-state index contributed by atoms with van der Waals surface area (Å²) in [6.07, 6.45) is 0. The van der Waals surface area contributed by atoms with Crippen molar-refractivity contribution >= 4 is 49.1 Å². The van der Waals surface area contributed by atoms with Crippen LogP contribution in [0.15, 0.2) is 46.9 Å². The van der Waals surface area contributed by atoms with Crippen molar-refractivity contribution in [3.05, 3.63) is 52.5 Å². The molecular weight excluding hydrogens is 330 g/mol. The number of aromatic nitrogens is 1. The molecule has 1 nitrogen and oxygen atoms in total. The maximum atomic E-state index is 5.85. The van der Waals surface area contributed by atoms with Gasteiger partial charge in [0.15, 0.2) is 0 Å². The van der Waals surface area contributed by atoms with Crippen LogP contribution in [0, 0.1) is 0 Å². The first kappa shape index (κ1) is 12.2. The van der Waals surface area contributed by atoms with Crippen LogP contribution in [0.2, 0.25) is 0 Å². The number of benzene rings is 2. The molecule has 0 amide bonds. The molecule has 0 unspecified atom stereocenters. The fourth-order valence-corrected chi connectivity index (χ4v) is 3.39. The number of fused-ring (bicyclic) bond motifs is 1. The van der Waals surface area contributed by atoms with E-state index in [9.17, 15) is 0 Å². The lowest BCUT2D eigenvalue weighted by Gasteiger charge is -1.95. The van der Waals surface area contributed by atoms with Gasteiger partial charge in [-0.25, -0.2) is 4.98 Å². The SMILES string of the molecule is ClCc1ccc2nc(-c3cccc(Br)c3)sc2c1. The van der Waals surface area contributed by atoms with Crippen LogP contribution in [0.3, 0.4) is 0 Å². The Morgan fingerprint density at radius 1 is 1.17 bits per heavy atom. The van der Waals surface area contributed by atoms with Gasteiger partial charge in [-0.15, -0.1) is 22.9 Å². The summed E-state index contributed by atoms with van der Waals surface area (Å²) in [5.41, 5.74) is 3.30. The topological polar surface area (TPSA) is 12.9 Å². The van der Waals surface area contributed by atoms with Gasteiger partial charge in [0.1, 0.15) is 5.01 Å². The smallest absolute Gasteiger partial charge is 0.124 e. The molecule has 90 valence electrons. The molecule has 0 saturated carbocycles. The highest BCUT2D eigenvalue weighted by molar-refractivity contribution is 9.10. The molecule has 4 heteroatoms. The zero-order valence-electron chi connectivity index (χ0n) is 9.36. The molecule has 0 atom stereocenters. The summed E-state index contributed by atoms with van der Waals surface area (Å²) < 4.78 is 2.25. The van der Waals surface area contributed by atoms with Gasteiger partial charge in [-0.3, -0.25) is 0 Å². The van der Waals surface area contributed by atoms with Gasteiger partial charge < -0.3 is 0 Å². The lowest BCUT2D eigenvalue weighted by molar-refractivity contribution is 1.41. The minimum atomic E-state index is 0.542. The number of hydrogen-bond donors (Lipinski definition) is 0. The number of alkyl halides is 1. The van der Waals surface area contributed by atoms with Crippen LogP contribution in [0.25, 0.3) is 20.8 Å². The van der Waals surface area contributed by atoms with Crippen LogP contribution in [0.1, 0.15) is 5.56 Å². The molecule has 0 fully saturated rings. The average Bonchev–Trinajstić information content (AvgIpc) is 2.81. The minimum Gasteiger partial charge on any atom is -0.236 e. The number of thiazole rings is 1. The number of hydrogen-bond acceptors (Lipinski definition) is 2. The van der Waals surface area contributed by atoms with Crippen LogP contribution in [-0.2, 0) is 5.88 Å². The third-order valence-electron chi connectivity index (χ3n) is 2.68. The van der Waals surface area contributed by atoms with Crippen LogP contribution < -0.4 is 0 Å². The highest BCUT2D eigenvalue weighted by Gasteiger charge is 2.07. The summed E-state index contributed by atoms with van der Waals surface area (Å²) in [6, 6.07) is 14.4. The number of halogens is 2. The molecule has 18 heavy (non-hydrogen) atoms. The second-order valence-corrected chi connectivity index (χ2v) is 6.18. The average molecular weight is 339 g/mol. The van der Waals surface area contributed by atoms with Gasteiger partial charge in [-0.05, 0) is 29.8 Å². The van der Waals surface area contributed by atoms with E-state index in [1.54, 1.807) is 11.3 Å². The van der Waals surface area contributed by atoms with Crippen molar-refractivity contribution in [3.8, 4) is 10.6 Å². The van der Waals surface area contributed by atoms with Gasteiger partial charge in [-0.2, -0.15) is 0 Å². The predicted octanol–water partition coefficient (Wildman–Crippen LogP) is 5.46. The fourth-order valence-electron chi connectivity index (χ4n) is 1.80. The van der Waals surface area contributed by atoms with Crippen LogP contribution >= 0.6 is 38.9 Å². The summed E-state index contributed by atoms with van der Waals surface area (Å²) in [5.74, 6) is 0.542. The van der Waals surface area contributed by atoms with Crippen molar-refractivity contribution < 1.29 is 0 Å². The third-order valence-corrected chi connectivity index (χ3v) is 4.55. The summed E-state index contributed by atoms with van der Waals surface area (Å²) in [6.45, 7) is 0. The lowest BCUT2D eigenvalue weighted by atomic mass is 10.2. The Morgan fingerprint density at radius 3 is 2.83 bits per heavy atom. The lowest BCUT2D eigenvalue weighted by Crippen LogP contribution is -1.76. The Labute approximate surface area is 123 Å². The van der Waals surface area contributed by atoms with E-state index in [4.69, 9.17) is 11.6 Å². The van der Waals surface area contributed by atoms with E-state index < -0.39 is 0 Å². The van der Waals surface area contributed by atoms with Crippen molar-refractivity contribution in [1.82, 2.24) is 4.98 Å². The van der Waals surface area contributed by atoms with Crippen molar-refractivity contribution in [3.63, 3.8) is 0 Å². The third kappa shape index (κ3) is 2.30. The van der Waals surface area contributed by atoms with Crippen LogP contribution in [0.5, 0.6) is 0 Å². The van der Waals surface area contributed by atoms with E-state index in [1.165, 1.54) is 4.70 Å². The van der Waals surface area contributed by atoms with Crippen molar-refractivity contribution in [2.45, 2.75) is 5.88 Å². The zero-order valence-corrected chi connectivity index (χ0v) is 12.5. The van der Waals surface area contributed by atoms with Gasteiger partial charge in [0.05, 0.1) is 10.2 Å². The maximum absolute atomic E-state index is 5.85. The van der Waals surface area contributed by atoms with E-state index in [0.717, 1.165) is 26.1 Å². The first-order chi connectivity index (χ1) is 8.76. The zero-order chi connectivity index (χ0) is 12.5. The van der Waals surface area contributed by atoms with E-state index in [0.29, 0.717) is 5.88 Å². The monoisotopic (exact) mass is 337 g/mol. The molecule has 0 bridgehead atoms. The first-order valence-electron chi connectivity index (χ1n) is 5.47. The van der Waals surface area contributed by atoms with Crippen LogP contribution in [0.4, 0.5) is 0 Å². The van der Waals surface area contributed by atoms with Crippen molar-refractivity contribution in [1.29, 1.82) is 0 Å². The molecule has 3 aromatic rings. The molecule has 3 rings (SSSR count). The largest absolute Gasteiger partial charge is 0.236 e.